The van der Waals surface area contributed by atoms with Crippen molar-refractivity contribution in [3.05, 3.63) is 21.6 Å². The van der Waals surface area contributed by atoms with Crippen LogP contribution in [-0.2, 0) is 14.3 Å². The van der Waals surface area contributed by atoms with E-state index in [-0.39, 0.29) is 37.1 Å². The summed E-state index contributed by atoms with van der Waals surface area (Å²) in [5.41, 5.74) is 1.22. The molecule has 22 heavy (non-hydrogen) atoms. The van der Waals surface area contributed by atoms with Gasteiger partial charge in [0.05, 0.1) is 12.6 Å². The number of hydrogen-bond donors (Lipinski definition) is 1. The van der Waals surface area contributed by atoms with Crippen molar-refractivity contribution >= 4 is 23.6 Å². The Kier molecular flexibility index (Phi) is 5.23. The van der Waals surface area contributed by atoms with Gasteiger partial charge in [-0.05, 0) is 20.8 Å². The smallest absolute Gasteiger partial charge is 0.325 e. The molecule has 1 amide bonds. The van der Waals surface area contributed by atoms with Crippen LogP contribution >= 0.6 is 11.8 Å². The second-order valence-corrected chi connectivity index (χ2v) is 6.02. The summed E-state index contributed by atoms with van der Waals surface area (Å²) in [6.07, 6.45) is 0.142. The van der Waals surface area contributed by atoms with Crippen LogP contribution in [0.3, 0.4) is 0 Å². The van der Waals surface area contributed by atoms with Crippen molar-refractivity contribution in [2.24, 2.45) is 0 Å². The van der Waals surface area contributed by atoms with Gasteiger partial charge in [0, 0.05) is 23.4 Å². The molecule has 0 aromatic carbocycles. The molecule has 1 aromatic heterocycles. The Balaban J connectivity index is 2.03. The van der Waals surface area contributed by atoms with Crippen LogP contribution in [0.5, 0.6) is 0 Å². The predicted octanol–water partition coefficient (Wildman–Crippen LogP) is 0.576. The maximum Gasteiger partial charge on any atom is 0.325 e. The number of esters is 1. The van der Waals surface area contributed by atoms with E-state index in [0.717, 1.165) is 5.69 Å². The van der Waals surface area contributed by atoms with Gasteiger partial charge in [0.2, 0.25) is 5.91 Å². The van der Waals surface area contributed by atoms with Crippen LogP contribution in [0.4, 0.5) is 0 Å². The zero-order valence-electron chi connectivity index (χ0n) is 12.8. The van der Waals surface area contributed by atoms with Gasteiger partial charge in [0.15, 0.2) is 5.16 Å². The predicted molar refractivity (Wildman–Crippen MR) is 82.0 cm³/mol. The van der Waals surface area contributed by atoms with E-state index in [1.54, 1.807) is 25.3 Å². The number of aromatic nitrogens is 2. The van der Waals surface area contributed by atoms with Crippen molar-refractivity contribution in [3.63, 3.8) is 0 Å². The zero-order valence-corrected chi connectivity index (χ0v) is 13.7. The normalized spacial score (nSPS) is 16.2. The Labute approximate surface area is 132 Å². The number of thioether (sulfide) groups is 1. The first-order valence-electron chi connectivity index (χ1n) is 7.08. The highest BCUT2D eigenvalue weighted by Gasteiger charge is 2.28. The Morgan fingerprint density at radius 3 is 2.86 bits per heavy atom. The Bertz CT molecular complexity index is 656. The third kappa shape index (κ3) is 3.49. The zero-order chi connectivity index (χ0) is 16.3. The second kappa shape index (κ2) is 6.95. The summed E-state index contributed by atoms with van der Waals surface area (Å²) in [6.45, 7) is 5.37. The number of carbonyl (C=O) groups excluding carboxylic acids is 2. The highest BCUT2D eigenvalue weighted by atomic mass is 32.2. The quantitative estimate of drug-likeness (QED) is 0.629. The number of carbonyl (C=O) groups is 2. The molecule has 0 radical (unpaired) electrons. The van der Waals surface area contributed by atoms with E-state index in [2.05, 4.69) is 10.3 Å². The molecule has 1 aromatic rings. The fourth-order valence-electron chi connectivity index (χ4n) is 2.19. The minimum absolute atomic E-state index is 0.101. The summed E-state index contributed by atoms with van der Waals surface area (Å²) in [4.78, 5) is 39.8. The van der Waals surface area contributed by atoms with Crippen LogP contribution in [0.2, 0.25) is 0 Å². The molecule has 1 unspecified atom stereocenters. The number of amides is 1. The van der Waals surface area contributed by atoms with Crippen LogP contribution in [0, 0.1) is 13.8 Å². The van der Waals surface area contributed by atoms with E-state index < -0.39 is 5.97 Å². The van der Waals surface area contributed by atoms with Gasteiger partial charge in [0.25, 0.3) is 5.56 Å². The number of aryl methyl sites for hydroxylation is 1. The van der Waals surface area contributed by atoms with Crippen LogP contribution in [0.15, 0.2) is 9.95 Å². The molecule has 7 nitrogen and oxygen atoms in total. The van der Waals surface area contributed by atoms with E-state index >= 15 is 0 Å². The number of hydrogen-bond acceptors (Lipinski definition) is 6. The molecule has 0 spiro atoms. The average Bonchev–Trinajstić information content (AvgIpc) is 2.86. The molecule has 0 bridgehead atoms. The van der Waals surface area contributed by atoms with E-state index in [9.17, 15) is 14.4 Å². The topological polar surface area (TPSA) is 90.3 Å². The molecule has 1 atom stereocenters. The second-order valence-electron chi connectivity index (χ2n) is 5.03. The minimum atomic E-state index is -0.470. The lowest BCUT2D eigenvalue weighted by molar-refractivity contribution is -0.143. The lowest BCUT2D eigenvalue weighted by Gasteiger charge is -2.14. The van der Waals surface area contributed by atoms with Gasteiger partial charge in [-0.3, -0.25) is 19.0 Å². The molecule has 0 saturated carbocycles. The number of nitrogens with one attached hydrogen (secondary N) is 1. The summed E-state index contributed by atoms with van der Waals surface area (Å²) in [6, 6.07) is -0.235. The van der Waals surface area contributed by atoms with Crippen molar-refractivity contribution in [3.8, 4) is 0 Å². The Morgan fingerprint density at radius 1 is 1.45 bits per heavy atom. The fraction of sp³-hybridized carbons (Fsp3) is 0.571. The lowest BCUT2D eigenvalue weighted by Crippen LogP contribution is -2.34. The van der Waals surface area contributed by atoms with Gasteiger partial charge >= 0.3 is 5.97 Å². The molecule has 120 valence electrons. The fourth-order valence-corrected chi connectivity index (χ4v) is 3.37. The minimum Gasteiger partial charge on any atom is -0.465 e. The van der Waals surface area contributed by atoms with E-state index in [0.29, 0.717) is 16.5 Å². The molecule has 1 N–H and O–H groups in total. The third-order valence-electron chi connectivity index (χ3n) is 3.48. The SMILES string of the molecule is CCOC(=O)CNC(=O)CC1CSc2nc(C)c(C)c(=O)n21. The van der Waals surface area contributed by atoms with Crippen LogP contribution in [0.25, 0.3) is 0 Å². The number of ether oxygens (including phenoxy) is 1. The van der Waals surface area contributed by atoms with E-state index in [4.69, 9.17) is 4.74 Å². The summed E-state index contributed by atoms with van der Waals surface area (Å²) >= 11 is 1.47. The maximum absolute atomic E-state index is 12.3. The van der Waals surface area contributed by atoms with Crippen molar-refractivity contribution in [2.45, 2.75) is 38.4 Å². The summed E-state index contributed by atoms with van der Waals surface area (Å²) in [5, 5.41) is 3.16. The third-order valence-corrected chi connectivity index (χ3v) is 4.58. The van der Waals surface area contributed by atoms with Gasteiger partial charge in [-0.25, -0.2) is 4.98 Å². The van der Waals surface area contributed by atoms with Gasteiger partial charge in [0.1, 0.15) is 6.54 Å². The highest BCUT2D eigenvalue weighted by Crippen LogP contribution is 2.32. The van der Waals surface area contributed by atoms with Crippen molar-refractivity contribution in [2.75, 3.05) is 18.9 Å². The van der Waals surface area contributed by atoms with E-state index in [1.165, 1.54) is 11.8 Å². The standard InChI is InChI=1S/C14H19N3O4S/c1-4-21-12(19)6-15-11(18)5-10-7-22-14-16-9(3)8(2)13(20)17(10)14/h10H,4-7H2,1-3H3,(H,15,18). The molecular weight excluding hydrogens is 306 g/mol. The monoisotopic (exact) mass is 325 g/mol. The largest absolute Gasteiger partial charge is 0.465 e. The van der Waals surface area contributed by atoms with Gasteiger partial charge in [-0.15, -0.1) is 0 Å². The molecule has 2 heterocycles. The summed E-state index contributed by atoms with van der Waals surface area (Å²) in [7, 11) is 0. The van der Waals surface area contributed by atoms with Crippen molar-refractivity contribution in [1.29, 1.82) is 0 Å². The summed E-state index contributed by atoms with van der Waals surface area (Å²) < 4.78 is 6.32. The van der Waals surface area contributed by atoms with Gasteiger partial charge in [-0.1, -0.05) is 11.8 Å². The molecule has 1 aliphatic rings. The number of rotatable bonds is 5. The number of fused-ring (bicyclic) bond motifs is 1. The van der Waals surface area contributed by atoms with Crippen molar-refractivity contribution in [1.82, 2.24) is 14.9 Å². The van der Waals surface area contributed by atoms with E-state index in [1.807, 2.05) is 0 Å². The molecular formula is C14H19N3O4S. The Hall–Kier alpha value is -1.83. The molecule has 8 heteroatoms. The first-order valence-corrected chi connectivity index (χ1v) is 8.07. The van der Waals surface area contributed by atoms with Crippen LogP contribution in [-0.4, -0.2) is 40.3 Å². The van der Waals surface area contributed by atoms with Crippen molar-refractivity contribution < 1.29 is 14.3 Å². The van der Waals surface area contributed by atoms with Gasteiger partial charge < -0.3 is 10.1 Å². The summed E-state index contributed by atoms with van der Waals surface area (Å²) in [5.74, 6) is -0.128. The Morgan fingerprint density at radius 2 is 2.18 bits per heavy atom. The first-order chi connectivity index (χ1) is 10.4. The van der Waals surface area contributed by atoms with Crippen LogP contribution in [0.1, 0.15) is 30.6 Å². The molecule has 0 fully saturated rings. The van der Waals surface area contributed by atoms with Gasteiger partial charge in [-0.2, -0.15) is 0 Å². The average molecular weight is 325 g/mol. The molecule has 1 aliphatic heterocycles. The lowest BCUT2D eigenvalue weighted by atomic mass is 10.2. The number of nitrogens with zero attached hydrogens (tertiary/aromatic N) is 2. The molecule has 2 rings (SSSR count). The molecule has 0 aliphatic carbocycles. The van der Waals surface area contributed by atoms with Crippen LogP contribution < -0.4 is 10.9 Å². The highest BCUT2D eigenvalue weighted by molar-refractivity contribution is 7.99. The molecule has 0 saturated heterocycles. The first kappa shape index (κ1) is 16.5. The maximum atomic E-state index is 12.3.